The molecule has 2 aromatic heterocycles. The van der Waals surface area contributed by atoms with E-state index in [1.54, 1.807) is 25.2 Å². The van der Waals surface area contributed by atoms with Crippen molar-refractivity contribution in [3.63, 3.8) is 0 Å². The second kappa shape index (κ2) is 7.89. The van der Waals surface area contributed by atoms with E-state index >= 15 is 0 Å². The number of amides is 1. The molecule has 2 heterocycles. The Morgan fingerprint density at radius 2 is 1.72 bits per heavy atom. The Hall–Kier alpha value is -4.07. The first-order chi connectivity index (χ1) is 14.1. The summed E-state index contributed by atoms with van der Waals surface area (Å²) in [7, 11) is 1.70. The fraction of sp³-hybridized carbons (Fsp3) is 0.0476. The van der Waals surface area contributed by atoms with Crippen LogP contribution in [0.2, 0.25) is 0 Å². The molecule has 1 amide bonds. The number of nitrogens with zero attached hydrogens (tertiary/aromatic N) is 4. The molecule has 4 rings (SSSR count). The molecule has 0 aliphatic carbocycles. The zero-order valence-electron chi connectivity index (χ0n) is 15.4. The summed E-state index contributed by atoms with van der Waals surface area (Å²) in [5.74, 6) is -0.847. The lowest BCUT2D eigenvalue weighted by molar-refractivity contribution is 0.101. The first-order valence-electron chi connectivity index (χ1n) is 8.75. The van der Waals surface area contributed by atoms with Crippen molar-refractivity contribution in [1.82, 2.24) is 19.7 Å². The van der Waals surface area contributed by atoms with Gasteiger partial charge in [-0.3, -0.25) is 9.48 Å². The van der Waals surface area contributed by atoms with E-state index in [1.165, 1.54) is 29.2 Å². The molecular weight excluding hydrogens is 373 g/mol. The van der Waals surface area contributed by atoms with Gasteiger partial charge in [0.05, 0.1) is 23.8 Å². The van der Waals surface area contributed by atoms with Crippen LogP contribution in [0.4, 0.5) is 10.1 Å². The van der Waals surface area contributed by atoms with Crippen LogP contribution in [0.1, 0.15) is 10.5 Å². The monoisotopic (exact) mass is 389 g/mol. The number of hydrogen-bond donors (Lipinski definition) is 1. The topological polar surface area (TPSA) is 81.9 Å². The van der Waals surface area contributed by atoms with E-state index in [9.17, 15) is 9.18 Å². The molecule has 8 heteroatoms. The lowest BCUT2D eigenvalue weighted by Gasteiger charge is -2.07. The average molecular weight is 389 g/mol. The molecule has 0 saturated carbocycles. The number of benzene rings is 2. The van der Waals surface area contributed by atoms with Gasteiger partial charge in [0.1, 0.15) is 5.69 Å². The predicted molar refractivity (Wildman–Crippen MR) is 105 cm³/mol. The summed E-state index contributed by atoms with van der Waals surface area (Å²) in [6.45, 7) is 0. The van der Waals surface area contributed by atoms with Crippen molar-refractivity contribution in [2.45, 2.75) is 0 Å². The van der Waals surface area contributed by atoms with E-state index in [-0.39, 0.29) is 17.7 Å². The summed E-state index contributed by atoms with van der Waals surface area (Å²) in [4.78, 5) is 20.6. The quantitative estimate of drug-likeness (QED) is 0.557. The summed E-state index contributed by atoms with van der Waals surface area (Å²) >= 11 is 0. The number of aromatic nitrogens is 4. The van der Waals surface area contributed by atoms with Gasteiger partial charge in [-0.1, -0.05) is 42.5 Å². The largest absolute Gasteiger partial charge is 0.421 e. The van der Waals surface area contributed by atoms with Gasteiger partial charge in [-0.25, -0.2) is 14.4 Å². The minimum atomic E-state index is -0.515. The van der Waals surface area contributed by atoms with Crippen LogP contribution < -0.4 is 10.1 Å². The van der Waals surface area contributed by atoms with Crippen molar-refractivity contribution < 1.29 is 13.9 Å². The molecule has 0 aliphatic rings. The minimum Gasteiger partial charge on any atom is -0.421 e. The number of carbonyl (C=O) groups excluding carboxylic acids is 1. The molecule has 0 aliphatic heterocycles. The van der Waals surface area contributed by atoms with E-state index in [4.69, 9.17) is 4.74 Å². The third kappa shape index (κ3) is 4.11. The van der Waals surface area contributed by atoms with Crippen molar-refractivity contribution in [2.75, 3.05) is 5.32 Å². The van der Waals surface area contributed by atoms with Crippen molar-refractivity contribution >= 4 is 11.6 Å². The third-order valence-electron chi connectivity index (χ3n) is 4.11. The van der Waals surface area contributed by atoms with Gasteiger partial charge < -0.3 is 10.1 Å². The molecule has 0 unspecified atom stereocenters. The normalized spacial score (nSPS) is 10.6. The first kappa shape index (κ1) is 18.3. The van der Waals surface area contributed by atoms with Crippen molar-refractivity contribution in [1.29, 1.82) is 0 Å². The Kier molecular flexibility index (Phi) is 4.98. The molecule has 0 atom stereocenters. The van der Waals surface area contributed by atoms with Gasteiger partial charge in [-0.2, -0.15) is 5.10 Å². The van der Waals surface area contributed by atoms with Crippen molar-refractivity contribution in [2.24, 2.45) is 7.05 Å². The lowest BCUT2D eigenvalue weighted by Crippen LogP contribution is -2.16. The van der Waals surface area contributed by atoms with Crippen LogP contribution in [0.15, 0.2) is 73.1 Å². The lowest BCUT2D eigenvalue weighted by atomic mass is 10.1. The summed E-state index contributed by atoms with van der Waals surface area (Å²) in [6, 6.07) is 17.2. The van der Waals surface area contributed by atoms with Crippen LogP contribution in [-0.4, -0.2) is 25.7 Å². The molecule has 144 valence electrons. The SMILES string of the molecule is Cn1nc(-c2ccccc2)cc1C(=O)Nc1cnc(Oc2ccccc2F)nc1. The number of carbonyl (C=O) groups is 1. The second-order valence-electron chi connectivity index (χ2n) is 6.15. The van der Waals surface area contributed by atoms with Gasteiger partial charge in [0.15, 0.2) is 11.6 Å². The van der Waals surface area contributed by atoms with Crippen molar-refractivity contribution in [3.8, 4) is 23.0 Å². The molecule has 7 nitrogen and oxygen atoms in total. The molecule has 0 bridgehead atoms. The molecular formula is C21H16FN5O2. The van der Waals surface area contributed by atoms with Crippen LogP contribution in [-0.2, 0) is 7.05 Å². The summed E-state index contributed by atoms with van der Waals surface area (Å²) in [5, 5.41) is 7.09. The van der Waals surface area contributed by atoms with Crippen LogP contribution in [0.25, 0.3) is 11.3 Å². The highest BCUT2D eigenvalue weighted by atomic mass is 19.1. The number of para-hydroxylation sites is 1. The van der Waals surface area contributed by atoms with E-state index in [1.807, 2.05) is 30.3 Å². The van der Waals surface area contributed by atoms with Gasteiger partial charge in [0, 0.05) is 12.6 Å². The fourth-order valence-electron chi connectivity index (χ4n) is 2.68. The Labute approximate surface area is 165 Å². The Morgan fingerprint density at radius 1 is 1.03 bits per heavy atom. The number of aryl methyl sites for hydroxylation is 1. The van der Waals surface area contributed by atoms with Crippen LogP contribution in [0.3, 0.4) is 0 Å². The maximum absolute atomic E-state index is 13.6. The maximum Gasteiger partial charge on any atom is 0.322 e. The predicted octanol–water partition coefficient (Wildman–Crippen LogP) is 4.06. The van der Waals surface area contributed by atoms with Crippen LogP contribution >= 0.6 is 0 Å². The second-order valence-corrected chi connectivity index (χ2v) is 6.15. The van der Waals surface area contributed by atoms with Crippen molar-refractivity contribution in [3.05, 3.63) is 84.6 Å². The standard InChI is InChI=1S/C21H16FN5O2/c1-27-18(11-17(26-27)14-7-3-2-4-8-14)20(28)25-15-12-23-21(24-13-15)29-19-10-6-5-9-16(19)22/h2-13H,1H3,(H,25,28). The highest BCUT2D eigenvalue weighted by Crippen LogP contribution is 2.22. The highest BCUT2D eigenvalue weighted by molar-refractivity contribution is 6.03. The smallest absolute Gasteiger partial charge is 0.322 e. The summed E-state index contributed by atoms with van der Waals surface area (Å²) in [5.41, 5.74) is 2.37. The van der Waals surface area contributed by atoms with Gasteiger partial charge in [0.2, 0.25) is 0 Å². The molecule has 1 N–H and O–H groups in total. The molecule has 0 radical (unpaired) electrons. The number of rotatable bonds is 5. The van der Waals surface area contributed by atoms with E-state index in [0.29, 0.717) is 17.1 Å². The Morgan fingerprint density at radius 3 is 2.45 bits per heavy atom. The van der Waals surface area contributed by atoms with Gasteiger partial charge >= 0.3 is 6.01 Å². The van der Waals surface area contributed by atoms with E-state index in [2.05, 4.69) is 20.4 Å². The van der Waals surface area contributed by atoms with Gasteiger partial charge in [0.25, 0.3) is 5.91 Å². The molecule has 2 aromatic carbocycles. The Balaban J connectivity index is 1.46. The third-order valence-corrected chi connectivity index (χ3v) is 4.11. The van der Waals surface area contributed by atoms with E-state index in [0.717, 1.165) is 5.56 Å². The average Bonchev–Trinajstić information content (AvgIpc) is 3.14. The summed E-state index contributed by atoms with van der Waals surface area (Å²) < 4.78 is 20.4. The minimum absolute atomic E-state index is 0.0209. The number of ether oxygens (including phenoxy) is 1. The molecule has 0 fully saturated rings. The molecule has 0 saturated heterocycles. The summed E-state index contributed by atoms with van der Waals surface area (Å²) in [6.07, 6.45) is 2.77. The molecule has 29 heavy (non-hydrogen) atoms. The number of nitrogens with one attached hydrogen (secondary N) is 1. The van der Waals surface area contributed by atoms with Crippen LogP contribution in [0, 0.1) is 5.82 Å². The Bertz CT molecular complexity index is 1140. The van der Waals surface area contributed by atoms with Gasteiger partial charge in [-0.15, -0.1) is 0 Å². The first-order valence-corrected chi connectivity index (χ1v) is 8.75. The zero-order chi connectivity index (χ0) is 20.2. The van der Waals surface area contributed by atoms with Crippen LogP contribution in [0.5, 0.6) is 11.8 Å². The number of hydrogen-bond acceptors (Lipinski definition) is 5. The molecule has 0 spiro atoms. The number of halogens is 1. The zero-order valence-corrected chi connectivity index (χ0v) is 15.4. The van der Waals surface area contributed by atoms with Gasteiger partial charge in [-0.05, 0) is 18.2 Å². The highest BCUT2D eigenvalue weighted by Gasteiger charge is 2.15. The number of anilines is 1. The maximum atomic E-state index is 13.6. The fourth-order valence-corrected chi connectivity index (χ4v) is 2.68. The van der Waals surface area contributed by atoms with E-state index < -0.39 is 5.82 Å². The molecule has 4 aromatic rings.